The molecule has 1 N–H and O–H groups in total. The molecule has 0 aliphatic carbocycles. The van der Waals surface area contributed by atoms with Crippen LogP contribution in [0.4, 0.5) is 5.69 Å². The Hall–Kier alpha value is -3.16. The van der Waals surface area contributed by atoms with Gasteiger partial charge in [-0.1, -0.05) is 24.2 Å². The monoisotopic (exact) mass is 331 g/mol. The molecule has 8 nitrogen and oxygen atoms in total. The lowest BCUT2D eigenvalue weighted by atomic mass is 10.1. The maximum atomic E-state index is 11.9. The zero-order valence-electron chi connectivity index (χ0n) is 13.5. The van der Waals surface area contributed by atoms with Crippen LogP contribution < -0.4 is 5.32 Å². The Bertz CT molecular complexity index is 767. The molecule has 0 aliphatic heterocycles. The molecule has 0 bridgehead atoms. The number of nitrogens with one attached hydrogen (secondary N) is 1. The summed E-state index contributed by atoms with van der Waals surface area (Å²) in [6, 6.07) is 7.01. The summed E-state index contributed by atoms with van der Waals surface area (Å²) in [6.07, 6.45) is 1.64. The van der Waals surface area contributed by atoms with Gasteiger partial charge < -0.3 is 19.3 Å². The molecule has 0 spiro atoms. The summed E-state index contributed by atoms with van der Waals surface area (Å²) >= 11 is 0. The van der Waals surface area contributed by atoms with Crippen LogP contribution in [0, 0.1) is 0 Å². The van der Waals surface area contributed by atoms with E-state index in [1.165, 1.54) is 14.2 Å². The smallest absolute Gasteiger partial charge is 0.354 e. The van der Waals surface area contributed by atoms with Gasteiger partial charge in [0.15, 0.2) is 5.82 Å². The molecular weight excluding hydrogens is 314 g/mol. The fourth-order valence-electron chi connectivity index (χ4n) is 1.86. The van der Waals surface area contributed by atoms with Crippen LogP contribution in [0.1, 0.15) is 12.7 Å². The number of benzene rings is 1. The maximum Gasteiger partial charge on any atom is 0.354 e. The van der Waals surface area contributed by atoms with E-state index in [4.69, 9.17) is 4.52 Å². The van der Waals surface area contributed by atoms with Crippen LogP contribution in [0.3, 0.4) is 0 Å². The molecule has 0 saturated heterocycles. The topological polar surface area (TPSA) is 104 Å². The standard InChI is InChI=1S/C16H17N3O5/c1-4-13-18-15(24-19-13)10-7-5-6-8-11(10)17-12(16(21)23-3)9-14(20)22-2/h5-9,17H,4H2,1-3H3/b12-9+. The zero-order chi connectivity index (χ0) is 17.5. The number of hydrogen-bond donors (Lipinski definition) is 1. The van der Waals surface area contributed by atoms with Gasteiger partial charge in [0.05, 0.1) is 31.5 Å². The molecule has 126 valence electrons. The molecule has 24 heavy (non-hydrogen) atoms. The third kappa shape index (κ3) is 3.97. The quantitative estimate of drug-likeness (QED) is 0.632. The minimum Gasteiger partial charge on any atom is -0.466 e. The van der Waals surface area contributed by atoms with Gasteiger partial charge in [-0.05, 0) is 12.1 Å². The molecule has 0 aliphatic rings. The average Bonchev–Trinajstić information content (AvgIpc) is 3.09. The van der Waals surface area contributed by atoms with Crippen LogP contribution in [0.25, 0.3) is 11.5 Å². The number of carbonyl (C=O) groups excluding carboxylic acids is 2. The Morgan fingerprint density at radius 3 is 2.62 bits per heavy atom. The van der Waals surface area contributed by atoms with Gasteiger partial charge in [-0.25, -0.2) is 9.59 Å². The largest absolute Gasteiger partial charge is 0.466 e. The Kier molecular flexibility index (Phi) is 5.67. The Morgan fingerprint density at radius 2 is 2.00 bits per heavy atom. The maximum absolute atomic E-state index is 11.9. The van der Waals surface area contributed by atoms with E-state index in [-0.39, 0.29) is 5.70 Å². The summed E-state index contributed by atoms with van der Waals surface area (Å²) in [7, 11) is 2.43. The summed E-state index contributed by atoms with van der Waals surface area (Å²) in [5, 5.41) is 6.70. The van der Waals surface area contributed by atoms with Crippen molar-refractivity contribution in [1.82, 2.24) is 10.1 Å². The number of hydrogen-bond acceptors (Lipinski definition) is 8. The molecule has 1 aromatic heterocycles. The number of anilines is 1. The predicted octanol–water partition coefficient (Wildman–Crippen LogP) is 1.94. The summed E-state index contributed by atoms with van der Waals surface area (Å²) in [4.78, 5) is 27.6. The lowest BCUT2D eigenvalue weighted by Gasteiger charge is -2.11. The van der Waals surface area contributed by atoms with Crippen molar-refractivity contribution in [2.45, 2.75) is 13.3 Å². The number of aromatic nitrogens is 2. The third-order valence-corrected chi connectivity index (χ3v) is 3.08. The van der Waals surface area contributed by atoms with Crippen molar-refractivity contribution >= 4 is 17.6 Å². The second-order valence-electron chi connectivity index (χ2n) is 4.61. The van der Waals surface area contributed by atoms with Crippen molar-refractivity contribution in [2.75, 3.05) is 19.5 Å². The number of methoxy groups -OCH3 is 2. The number of rotatable bonds is 6. The number of para-hydroxylation sites is 1. The predicted molar refractivity (Wildman–Crippen MR) is 84.8 cm³/mol. The molecule has 0 unspecified atom stereocenters. The van der Waals surface area contributed by atoms with Crippen LogP contribution in [0.5, 0.6) is 0 Å². The van der Waals surface area contributed by atoms with Crippen molar-refractivity contribution in [2.24, 2.45) is 0 Å². The highest BCUT2D eigenvalue weighted by atomic mass is 16.5. The van der Waals surface area contributed by atoms with Gasteiger partial charge in [0.1, 0.15) is 5.70 Å². The number of esters is 2. The molecule has 2 rings (SSSR count). The van der Waals surface area contributed by atoms with E-state index >= 15 is 0 Å². The van der Waals surface area contributed by atoms with Crippen LogP contribution in [-0.2, 0) is 25.5 Å². The fourth-order valence-corrected chi connectivity index (χ4v) is 1.86. The lowest BCUT2D eigenvalue weighted by molar-refractivity contribution is -0.138. The average molecular weight is 331 g/mol. The number of nitrogens with zero attached hydrogens (tertiary/aromatic N) is 2. The van der Waals surface area contributed by atoms with E-state index < -0.39 is 11.9 Å². The number of aryl methyl sites for hydroxylation is 1. The highest BCUT2D eigenvalue weighted by molar-refractivity contribution is 5.99. The highest BCUT2D eigenvalue weighted by Crippen LogP contribution is 2.27. The van der Waals surface area contributed by atoms with Crippen LogP contribution in [0.15, 0.2) is 40.6 Å². The zero-order valence-corrected chi connectivity index (χ0v) is 13.5. The Balaban J connectivity index is 2.39. The first-order valence-corrected chi connectivity index (χ1v) is 7.16. The molecule has 0 atom stereocenters. The Labute approximate surface area is 138 Å². The van der Waals surface area contributed by atoms with Crippen molar-refractivity contribution < 1.29 is 23.6 Å². The number of carbonyl (C=O) groups is 2. The van der Waals surface area contributed by atoms with Crippen molar-refractivity contribution in [1.29, 1.82) is 0 Å². The van der Waals surface area contributed by atoms with E-state index in [9.17, 15) is 9.59 Å². The molecular formula is C16H17N3O5. The third-order valence-electron chi connectivity index (χ3n) is 3.08. The molecule has 8 heteroatoms. The van der Waals surface area contributed by atoms with Crippen LogP contribution in [0.2, 0.25) is 0 Å². The first-order chi connectivity index (χ1) is 11.6. The first-order valence-electron chi connectivity index (χ1n) is 7.16. The van der Waals surface area contributed by atoms with E-state index in [1.807, 2.05) is 6.92 Å². The highest BCUT2D eigenvalue weighted by Gasteiger charge is 2.17. The van der Waals surface area contributed by atoms with Gasteiger partial charge in [0.2, 0.25) is 0 Å². The van der Waals surface area contributed by atoms with E-state index in [0.29, 0.717) is 29.4 Å². The minimum atomic E-state index is -0.713. The van der Waals surface area contributed by atoms with Crippen molar-refractivity contribution in [3.63, 3.8) is 0 Å². The van der Waals surface area contributed by atoms with Crippen LogP contribution in [-0.4, -0.2) is 36.3 Å². The lowest BCUT2D eigenvalue weighted by Crippen LogP contribution is -2.15. The molecule has 0 fully saturated rings. The van der Waals surface area contributed by atoms with E-state index in [0.717, 1.165) is 6.08 Å². The molecule has 0 amide bonds. The molecule has 2 aromatic rings. The second-order valence-corrected chi connectivity index (χ2v) is 4.61. The van der Waals surface area contributed by atoms with Crippen molar-refractivity contribution in [3.8, 4) is 11.5 Å². The molecule has 0 saturated carbocycles. The normalized spacial score (nSPS) is 11.0. The van der Waals surface area contributed by atoms with E-state index in [2.05, 4.69) is 24.9 Å². The van der Waals surface area contributed by atoms with Gasteiger partial charge in [0, 0.05) is 6.42 Å². The van der Waals surface area contributed by atoms with Gasteiger partial charge in [-0.3, -0.25) is 0 Å². The molecule has 1 aromatic carbocycles. The summed E-state index contributed by atoms with van der Waals surface area (Å²) in [5.74, 6) is -0.531. The Morgan fingerprint density at radius 1 is 1.25 bits per heavy atom. The molecule has 1 heterocycles. The van der Waals surface area contributed by atoms with Crippen molar-refractivity contribution in [3.05, 3.63) is 41.9 Å². The summed E-state index contributed by atoms with van der Waals surface area (Å²) < 4.78 is 14.4. The van der Waals surface area contributed by atoms with Gasteiger partial charge in [-0.2, -0.15) is 4.98 Å². The minimum absolute atomic E-state index is 0.0768. The van der Waals surface area contributed by atoms with Gasteiger partial charge >= 0.3 is 11.9 Å². The SMILES string of the molecule is CCc1noc(-c2ccccc2N/C(=C/C(=O)OC)C(=O)OC)n1. The fraction of sp³-hybridized carbons (Fsp3) is 0.250. The van der Waals surface area contributed by atoms with Crippen LogP contribution >= 0.6 is 0 Å². The number of ether oxygens (including phenoxy) is 2. The van der Waals surface area contributed by atoms with Gasteiger partial charge in [0.25, 0.3) is 5.89 Å². The first kappa shape index (κ1) is 17.2. The van der Waals surface area contributed by atoms with Gasteiger partial charge in [-0.15, -0.1) is 0 Å². The molecule has 0 radical (unpaired) electrons. The summed E-state index contributed by atoms with van der Waals surface area (Å²) in [5.41, 5.74) is 1.01. The van der Waals surface area contributed by atoms with E-state index in [1.54, 1.807) is 24.3 Å². The summed E-state index contributed by atoms with van der Waals surface area (Å²) in [6.45, 7) is 1.91. The second kappa shape index (κ2) is 7.91.